The van der Waals surface area contributed by atoms with Crippen LogP contribution in [0.1, 0.15) is 53.4 Å². The van der Waals surface area contributed by atoms with Gasteiger partial charge in [-0.3, -0.25) is 4.79 Å². The third kappa shape index (κ3) is 4.64. The Kier molecular flexibility index (Phi) is 5.82. The fourth-order valence-electron chi connectivity index (χ4n) is 1.44. The van der Waals surface area contributed by atoms with Crippen LogP contribution in [0.5, 0.6) is 0 Å². The standard InChI is InChI=1S/C12H24NO/c1-6-8-10-13(12(3,4)5)11(14)9-7-2/h2,6-10H2,1,3-5H3. The molecule has 0 saturated heterocycles. The lowest BCUT2D eigenvalue weighted by atomic mass is 10.0. The van der Waals surface area contributed by atoms with Crippen molar-refractivity contribution in [1.29, 1.82) is 0 Å². The number of amides is 1. The van der Waals surface area contributed by atoms with Gasteiger partial charge in [-0.25, -0.2) is 0 Å². The Morgan fingerprint density at radius 3 is 2.29 bits per heavy atom. The van der Waals surface area contributed by atoms with Crippen LogP contribution >= 0.6 is 0 Å². The Hall–Kier alpha value is -0.530. The summed E-state index contributed by atoms with van der Waals surface area (Å²) in [5, 5.41) is 0. The highest BCUT2D eigenvalue weighted by Crippen LogP contribution is 2.16. The van der Waals surface area contributed by atoms with Gasteiger partial charge < -0.3 is 4.90 Å². The highest BCUT2D eigenvalue weighted by Gasteiger charge is 2.24. The highest BCUT2D eigenvalue weighted by molar-refractivity contribution is 5.76. The molecule has 0 aromatic rings. The second kappa shape index (κ2) is 6.05. The molecule has 0 unspecified atom stereocenters. The van der Waals surface area contributed by atoms with Gasteiger partial charge in [0.1, 0.15) is 0 Å². The maximum atomic E-state index is 11.8. The zero-order valence-electron chi connectivity index (χ0n) is 10.1. The number of unbranched alkanes of at least 4 members (excludes halogenated alkanes) is 1. The van der Waals surface area contributed by atoms with Gasteiger partial charge in [0.15, 0.2) is 0 Å². The van der Waals surface area contributed by atoms with Crippen LogP contribution in [0.2, 0.25) is 0 Å². The van der Waals surface area contributed by atoms with E-state index in [0.717, 1.165) is 19.4 Å². The molecule has 0 aliphatic rings. The molecule has 0 rings (SSSR count). The minimum Gasteiger partial charge on any atom is -0.338 e. The molecule has 14 heavy (non-hydrogen) atoms. The molecule has 83 valence electrons. The molecular formula is C12H24NO. The largest absolute Gasteiger partial charge is 0.338 e. The Bertz CT molecular complexity index is 170. The van der Waals surface area contributed by atoms with Crippen molar-refractivity contribution in [2.75, 3.05) is 6.54 Å². The van der Waals surface area contributed by atoms with E-state index in [1.165, 1.54) is 0 Å². The molecule has 0 N–H and O–H groups in total. The minimum absolute atomic E-state index is 0.0541. The molecule has 0 atom stereocenters. The molecule has 0 saturated carbocycles. The normalized spacial score (nSPS) is 11.5. The van der Waals surface area contributed by atoms with Gasteiger partial charge in [-0.2, -0.15) is 0 Å². The van der Waals surface area contributed by atoms with Crippen LogP contribution in [-0.2, 0) is 4.79 Å². The number of rotatable bonds is 5. The lowest BCUT2D eigenvalue weighted by Gasteiger charge is -2.36. The SMILES string of the molecule is [CH2]CCC(=O)N(CCCC)C(C)(C)C. The first-order valence-electron chi connectivity index (χ1n) is 5.53. The summed E-state index contributed by atoms with van der Waals surface area (Å²) in [4.78, 5) is 13.8. The van der Waals surface area contributed by atoms with Gasteiger partial charge in [0.25, 0.3) is 0 Å². The van der Waals surface area contributed by atoms with Crippen molar-refractivity contribution in [2.24, 2.45) is 0 Å². The predicted molar refractivity (Wildman–Crippen MR) is 61.0 cm³/mol. The first-order valence-corrected chi connectivity index (χ1v) is 5.53. The van der Waals surface area contributed by atoms with Gasteiger partial charge in [0.05, 0.1) is 0 Å². The summed E-state index contributed by atoms with van der Waals surface area (Å²) in [6.45, 7) is 13.0. The lowest BCUT2D eigenvalue weighted by molar-refractivity contribution is -0.135. The molecule has 2 heteroatoms. The zero-order chi connectivity index (χ0) is 11.2. The molecule has 0 aliphatic carbocycles. The van der Waals surface area contributed by atoms with Crippen LogP contribution in [-0.4, -0.2) is 22.9 Å². The first kappa shape index (κ1) is 13.5. The second-order valence-corrected chi connectivity index (χ2v) is 4.67. The van der Waals surface area contributed by atoms with Crippen LogP contribution < -0.4 is 0 Å². The number of hydrogen-bond acceptors (Lipinski definition) is 1. The van der Waals surface area contributed by atoms with Gasteiger partial charge in [0, 0.05) is 18.5 Å². The lowest BCUT2D eigenvalue weighted by Crippen LogP contribution is -2.46. The number of carbonyl (C=O) groups is 1. The third-order valence-electron chi connectivity index (χ3n) is 2.24. The Balaban J connectivity index is 4.31. The maximum absolute atomic E-state index is 11.8. The van der Waals surface area contributed by atoms with Crippen LogP contribution in [0.3, 0.4) is 0 Å². The minimum atomic E-state index is -0.0541. The van der Waals surface area contributed by atoms with Crippen LogP contribution in [0.15, 0.2) is 0 Å². The van der Waals surface area contributed by atoms with E-state index >= 15 is 0 Å². The van der Waals surface area contributed by atoms with Crippen molar-refractivity contribution < 1.29 is 4.79 Å². The van der Waals surface area contributed by atoms with Crippen molar-refractivity contribution in [3.8, 4) is 0 Å². The van der Waals surface area contributed by atoms with Crippen molar-refractivity contribution in [1.82, 2.24) is 4.90 Å². The number of hydrogen-bond donors (Lipinski definition) is 0. The Morgan fingerprint density at radius 2 is 1.93 bits per heavy atom. The van der Waals surface area contributed by atoms with E-state index in [2.05, 4.69) is 34.6 Å². The Morgan fingerprint density at radius 1 is 1.36 bits per heavy atom. The van der Waals surface area contributed by atoms with Crippen LogP contribution in [0.4, 0.5) is 0 Å². The predicted octanol–water partition coefficient (Wildman–Crippen LogP) is 3.03. The van der Waals surface area contributed by atoms with E-state index in [1.54, 1.807) is 0 Å². The smallest absolute Gasteiger partial charge is 0.222 e. The van der Waals surface area contributed by atoms with Crippen molar-refractivity contribution in [3.05, 3.63) is 6.92 Å². The summed E-state index contributed by atoms with van der Waals surface area (Å²) < 4.78 is 0. The highest BCUT2D eigenvalue weighted by atomic mass is 16.2. The van der Waals surface area contributed by atoms with E-state index in [-0.39, 0.29) is 11.4 Å². The quantitative estimate of drug-likeness (QED) is 0.665. The third-order valence-corrected chi connectivity index (χ3v) is 2.24. The molecule has 1 radical (unpaired) electrons. The van der Waals surface area contributed by atoms with Crippen LogP contribution in [0.25, 0.3) is 0 Å². The van der Waals surface area contributed by atoms with Gasteiger partial charge >= 0.3 is 0 Å². The average molecular weight is 198 g/mol. The second-order valence-electron chi connectivity index (χ2n) is 4.67. The van der Waals surface area contributed by atoms with E-state index in [9.17, 15) is 4.79 Å². The molecule has 1 amide bonds. The van der Waals surface area contributed by atoms with E-state index in [1.807, 2.05) is 4.90 Å². The van der Waals surface area contributed by atoms with E-state index in [4.69, 9.17) is 0 Å². The maximum Gasteiger partial charge on any atom is 0.222 e. The molecule has 0 aromatic carbocycles. The summed E-state index contributed by atoms with van der Waals surface area (Å²) in [6.07, 6.45) is 3.48. The summed E-state index contributed by atoms with van der Waals surface area (Å²) in [6, 6.07) is 0. The zero-order valence-corrected chi connectivity index (χ0v) is 10.1. The Labute approximate surface area is 88.7 Å². The monoisotopic (exact) mass is 198 g/mol. The fourth-order valence-corrected chi connectivity index (χ4v) is 1.44. The summed E-state index contributed by atoms with van der Waals surface area (Å²) in [5.74, 6) is 0.237. The summed E-state index contributed by atoms with van der Waals surface area (Å²) in [7, 11) is 0. The average Bonchev–Trinajstić information content (AvgIpc) is 2.03. The topological polar surface area (TPSA) is 20.3 Å². The summed E-state index contributed by atoms with van der Waals surface area (Å²) >= 11 is 0. The van der Waals surface area contributed by atoms with Gasteiger partial charge in [-0.05, 0) is 33.6 Å². The molecule has 0 heterocycles. The summed E-state index contributed by atoms with van der Waals surface area (Å²) in [5.41, 5.74) is -0.0541. The molecule has 0 spiro atoms. The molecule has 0 aromatic heterocycles. The van der Waals surface area contributed by atoms with Crippen molar-refractivity contribution in [2.45, 2.75) is 58.9 Å². The van der Waals surface area contributed by atoms with Crippen molar-refractivity contribution in [3.63, 3.8) is 0 Å². The van der Waals surface area contributed by atoms with Gasteiger partial charge in [0.2, 0.25) is 5.91 Å². The van der Waals surface area contributed by atoms with E-state index < -0.39 is 0 Å². The first-order chi connectivity index (χ1) is 6.43. The fraction of sp³-hybridized carbons (Fsp3) is 0.833. The van der Waals surface area contributed by atoms with E-state index in [0.29, 0.717) is 12.8 Å². The van der Waals surface area contributed by atoms with Gasteiger partial charge in [-0.15, -0.1) is 0 Å². The van der Waals surface area contributed by atoms with Gasteiger partial charge in [-0.1, -0.05) is 20.3 Å². The van der Waals surface area contributed by atoms with Crippen LogP contribution in [0, 0.1) is 6.92 Å². The molecule has 2 nitrogen and oxygen atoms in total. The number of carbonyl (C=O) groups excluding carboxylic acids is 1. The van der Waals surface area contributed by atoms with Crippen molar-refractivity contribution >= 4 is 5.91 Å². The molecule has 0 aliphatic heterocycles. The molecule has 0 fully saturated rings. The molecule has 0 bridgehead atoms. The number of nitrogens with zero attached hydrogens (tertiary/aromatic N) is 1. The molecular weight excluding hydrogens is 174 g/mol.